The van der Waals surface area contributed by atoms with E-state index in [2.05, 4.69) is 55.9 Å². The van der Waals surface area contributed by atoms with E-state index in [0.29, 0.717) is 22.8 Å². The molecule has 204 valence electrons. The molecule has 0 unspecified atom stereocenters. The van der Waals surface area contributed by atoms with Gasteiger partial charge in [-0.15, -0.1) is 11.7 Å². The van der Waals surface area contributed by atoms with Gasteiger partial charge in [-0.2, -0.15) is 4.98 Å². The predicted molar refractivity (Wildman–Crippen MR) is 151 cm³/mol. The lowest BCUT2D eigenvalue weighted by Crippen LogP contribution is -2.44. The Morgan fingerprint density at radius 2 is 1.79 bits per heavy atom. The van der Waals surface area contributed by atoms with Gasteiger partial charge in [0.05, 0.1) is 18.7 Å². The molecule has 1 aromatic carbocycles. The quantitative estimate of drug-likeness (QED) is 0.326. The molecule has 1 aliphatic heterocycles. The van der Waals surface area contributed by atoms with Gasteiger partial charge in [0.1, 0.15) is 5.39 Å². The number of aromatic nitrogens is 6. The molecule has 1 aliphatic rings. The number of nitrogens with one attached hydrogen (secondary N) is 1. The minimum atomic E-state index is -0.947. The maximum atomic E-state index is 13.2. The molecule has 2 N–H and O–H groups in total. The van der Waals surface area contributed by atoms with Crippen molar-refractivity contribution in [2.24, 2.45) is 0 Å². The number of rotatable bonds is 8. The minimum Gasteiger partial charge on any atom is -0.394 e. The molecule has 0 spiro atoms. The third-order valence-corrected chi connectivity index (χ3v) is 6.93. The SMILES string of the molecule is C=CCn1c(=O)c2cnc(Nc3ccc(N4CCN(C)CC4)cc3)nc2n1-c1ccc(=O)n(C(C)(C)CO)n1. The lowest BCUT2D eigenvalue weighted by molar-refractivity contribution is 0.146. The maximum Gasteiger partial charge on any atom is 0.278 e. The number of aliphatic hydroxyl groups excluding tert-OH is 1. The fraction of sp³-hybridized carbons (Fsp3) is 0.370. The Kier molecular flexibility index (Phi) is 7.06. The van der Waals surface area contributed by atoms with Gasteiger partial charge in [-0.05, 0) is 51.2 Å². The Morgan fingerprint density at radius 3 is 2.46 bits per heavy atom. The average molecular weight is 532 g/mol. The summed E-state index contributed by atoms with van der Waals surface area (Å²) in [5.74, 6) is 0.606. The standard InChI is InChI=1S/C27H33N9O3/c1-5-12-34-25(39)21-17-28-26(29-19-6-8-20(9-7-19)33-15-13-32(4)14-16-33)30-24(21)35(34)22-10-11-23(38)36(31-22)27(2,3)18-37/h5-11,17,37H,1,12-16,18H2,2-4H3,(H,28,29,30). The van der Waals surface area contributed by atoms with Crippen LogP contribution in [0.5, 0.6) is 0 Å². The van der Waals surface area contributed by atoms with Crippen LogP contribution in [0.1, 0.15) is 13.8 Å². The smallest absolute Gasteiger partial charge is 0.278 e. The lowest BCUT2D eigenvalue weighted by Gasteiger charge is -2.34. The zero-order chi connectivity index (χ0) is 27.7. The summed E-state index contributed by atoms with van der Waals surface area (Å²) in [5, 5.41) is 17.8. The highest BCUT2D eigenvalue weighted by molar-refractivity contribution is 5.77. The van der Waals surface area contributed by atoms with Gasteiger partial charge in [-0.25, -0.2) is 19.0 Å². The van der Waals surface area contributed by atoms with E-state index in [1.807, 2.05) is 12.1 Å². The van der Waals surface area contributed by atoms with Crippen LogP contribution in [-0.4, -0.2) is 79.0 Å². The van der Waals surface area contributed by atoms with Crippen molar-refractivity contribution in [1.82, 2.24) is 34.0 Å². The summed E-state index contributed by atoms with van der Waals surface area (Å²) in [6.07, 6.45) is 3.08. The minimum absolute atomic E-state index is 0.190. The molecule has 0 atom stereocenters. The van der Waals surface area contributed by atoms with E-state index in [0.717, 1.165) is 37.6 Å². The van der Waals surface area contributed by atoms with E-state index < -0.39 is 5.54 Å². The molecule has 12 heteroatoms. The zero-order valence-corrected chi connectivity index (χ0v) is 22.4. The third kappa shape index (κ3) is 5.08. The molecule has 0 bridgehead atoms. The van der Waals surface area contributed by atoms with Crippen molar-refractivity contribution in [2.75, 3.05) is 50.1 Å². The monoisotopic (exact) mass is 531 g/mol. The number of fused-ring (bicyclic) bond motifs is 1. The molecule has 12 nitrogen and oxygen atoms in total. The third-order valence-electron chi connectivity index (χ3n) is 6.93. The number of aliphatic hydroxyl groups is 1. The summed E-state index contributed by atoms with van der Waals surface area (Å²) in [7, 11) is 2.13. The van der Waals surface area contributed by atoms with Gasteiger partial charge in [0.2, 0.25) is 5.95 Å². The molecule has 3 aromatic heterocycles. The predicted octanol–water partition coefficient (Wildman–Crippen LogP) is 1.55. The zero-order valence-electron chi connectivity index (χ0n) is 22.4. The van der Waals surface area contributed by atoms with Gasteiger partial charge in [0.15, 0.2) is 11.5 Å². The van der Waals surface area contributed by atoms with Gasteiger partial charge in [-0.3, -0.25) is 9.59 Å². The molecular formula is C27H33N9O3. The summed E-state index contributed by atoms with van der Waals surface area (Å²) in [4.78, 5) is 39.5. The number of hydrogen-bond donors (Lipinski definition) is 2. The fourth-order valence-corrected chi connectivity index (χ4v) is 4.57. The molecule has 1 fully saturated rings. The number of anilines is 3. The summed E-state index contributed by atoms with van der Waals surface area (Å²) in [5.41, 5.74) is 0.665. The molecule has 0 amide bonds. The van der Waals surface area contributed by atoms with Gasteiger partial charge in [0, 0.05) is 49.8 Å². The van der Waals surface area contributed by atoms with Crippen LogP contribution in [0, 0.1) is 0 Å². The summed E-state index contributed by atoms with van der Waals surface area (Å²) >= 11 is 0. The molecule has 4 aromatic rings. The molecule has 39 heavy (non-hydrogen) atoms. The van der Waals surface area contributed by atoms with Gasteiger partial charge < -0.3 is 20.2 Å². The van der Waals surface area contributed by atoms with Crippen LogP contribution in [0.4, 0.5) is 17.3 Å². The summed E-state index contributed by atoms with van der Waals surface area (Å²) < 4.78 is 4.19. The number of allylic oxidation sites excluding steroid dienone is 1. The molecule has 4 heterocycles. The van der Waals surface area contributed by atoms with Gasteiger partial charge in [0.25, 0.3) is 11.1 Å². The second-order valence-corrected chi connectivity index (χ2v) is 10.3. The molecule has 0 aliphatic carbocycles. The van der Waals surface area contributed by atoms with Crippen molar-refractivity contribution in [3.63, 3.8) is 0 Å². The highest BCUT2D eigenvalue weighted by Gasteiger charge is 2.24. The molecule has 0 radical (unpaired) electrons. The number of hydrogen-bond acceptors (Lipinski definition) is 9. The number of nitrogens with zero attached hydrogens (tertiary/aromatic N) is 8. The Hall–Kier alpha value is -4.29. The highest BCUT2D eigenvalue weighted by Crippen LogP contribution is 2.22. The van der Waals surface area contributed by atoms with Crippen LogP contribution in [0.15, 0.2) is 64.8 Å². The van der Waals surface area contributed by atoms with Crippen molar-refractivity contribution in [3.05, 3.63) is 76.0 Å². The van der Waals surface area contributed by atoms with Gasteiger partial charge >= 0.3 is 0 Å². The topological polar surface area (TPSA) is 126 Å². The first-order valence-corrected chi connectivity index (χ1v) is 12.8. The van der Waals surface area contributed by atoms with E-state index in [1.54, 1.807) is 24.6 Å². The Balaban J connectivity index is 1.52. The number of piperazine rings is 1. The van der Waals surface area contributed by atoms with E-state index >= 15 is 0 Å². The molecule has 0 saturated carbocycles. The first-order chi connectivity index (χ1) is 18.7. The van der Waals surface area contributed by atoms with Crippen LogP contribution in [0.3, 0.4) is 0 Å². The van der Waals surface area contributed by atoms with Crippen LogP contribution in [0.2, 0.25) is 0 Å². The van der Waals surface area contributed by atoms with Crippen molar-refractivity contribution in [3.8, 4) is 5.82 Å². The van der Waals surface area contributed by atoms with Crippen molar-refractivity contribution in [1.29, 1.82) is 0 Å². The first kappa shape index (κ1) is 26.3. The largest absolute Gasteiger partial charge is 0.394 e. The van der Waals surface area contributed by atoms with Gasteiger partial charge in [-0.1, -0.05) is 6.08 Å². The van der Waals surface area contributed by atoms with E-state index in [1.165, 1.54) is 27.7 Å². The van der Waals surface area contributed by atoms with Crippen LogP contribution in [-0.2, 0) is 12.1 Å². The summed E-state index contributed by atoms with van der Waals surface area (Å²) in [6, 6.07) is 11.0. The second-order valence-electron chi connectivity index (χ2n) is 10.3. The maximum absolute atomic E-state index is 13.2. The Morgan fingerprint density at radius 1 is 1.08 bits per heavy atom. The van der Waals surface area contributed by atoms with Crippen LogP contribution in [0.25, 0.3) is 16.9 Å². The van der Waals surface area contributed by atoms with E-state index in [-0.39, 0.29) is 24.3 Å². The first-order valence-electron chi connectivity index (χ1n) is 12.8. The van der Waals surface area contributed by atoms with Crippen molar-refractivity contribution >= 4 is 28.4 Å². The second kappa shape index (κ2) is 10.5. The normalized spacial score (nSPS) is 14.6. The Bertz CT molecular complexity index is 1610. The number of likely N-dealkylation sites (N-methyl/N-ethyl adjacent to an activating group) is 1. The number of benzene rings is 1. The fourth-order valence-electron chi connectivity index (χ4n) is 4.57. The lowest BCUT2D eigenvalue weighted by atomic mass is 10.1. The molecule has 5 rings (SSSR count). The van der Waals surface area contributed by atoms with Crippen LogP contribution >= 0.6 is 0 Å². The highest BCUT2D eigenvalue weighted by atomic mass is 16.3. The molecular weight excluding hydrogens is 498 g/mol. The van der Waals surface area contributed by atoms with Crippen LogP contribution < -0.4 is 21.3 Å². The van der Waals surface area contributed by atoms with Crippen molar-refractivity contribution in [2.45, 2.75) is 25.9 Å². The van der Waals surface area contributed by atoms with E-state index in [9.17, 15) is 14.7 Å². The summed E-state index contributed by atoms with van der Waals surface area (Å²) in [6.45, 7) is 11.1. The molecule has 1 saturated heterocycles. The average Bonchev–Trinajstić information content (AvgIpc) is 3.20. The Labute approximate surface area is 225 Å². The van der Waals surface area contributed by atoms with E-state index in [4.69, 9.17) is 0 Å². The van der Waals surface area contributed by atoms with Crippen molar-refractivity contribution < 1.29 is 5.11 Å².